The lowest BCUT2D eigenvalue weighted by Gasteiger charge is -2.17. The number of halogens is 2. The standard InChI is InChI=1S/C15H15F2NO5S2/c16-13-4-1-5-14(17)15(13)25(21,22)18-7-6-12(9-18)24(19,20)10-11-3-2-8-23-11/h1-5,8,12H,6-7,9-10H2/t12-/m0/s1. The first kappa shape index (κ1) is 18.0. The minimum Gasteiger partial charge on any atom is -0.468 e. The highest BCUT2D eigenvalue weighted by molar-refractivity contribution is 7.91. The van der Waals surface area contributed by atoms with Crippen LogP contribution in [0.15, 0.2) is 45.9 Å². The van der Waals surface area contributed by atoms with Crippen molar-refractivity contribution >= 4 is 19.9 Å². The van der Waals surface area contributed by atoms with Crippen molar-refractivity contribution in [2.75, 3.05) is 13.1 Å². The predicted octanol–water partition coefficient (Wildman–Crippen LogP) is 1.94. The van der Waals surface area contributed by atoms with Crippen molar-refractivity contribution < 1.29 is 30.0 Å². The minimum atomic E-state index is -4.46. The van der Waals surface area contributed by atoms with Gasteiger partial charge in [0.1, 0.15) is 23.1 Å². The van der Waals surface area contributed by atoms with E-state index in [0.717, 1.165) is 22.5 Å². The van der Waals surface area contributed by atoms with Gasteiger partial charge in [-0.15, -0.1) is 0 Å². The summed E-state index contributed by atoms with van der Waals surface area (Å²) in [4.78, 5) is -1.06. The van der Waals surface area contributed by atoms with E-state index >= 15 is 0 Å². The summed E-state index contributed by atoms with van der Waals surface area (Å²) in [5, 5.41) is -0.956. The molecule has 25 heavy (non-hydrogen) atoms. The van der Waals surface area contributed by atoms with E-state index in [1.807, 2.05) is 0 Å². The summed E-state index contributed by atoms with van der Waals surface area (Å²) in [6.07, 6.45) is 1.40. The van der Waals surface area contributed by atoms with E-state index in [2.05, 4.69) is 0 Å². The Morgan fingerprint density at radius 3 is 2.36 bits per heavy atom. The summed E-state index contributed by atoms with van der Waals surface area (Å²) in [5.74, 6) is -2.52. The fourth-order valence-electron chi connectivity index (χ4n) is 2.78. The van der Waals surface area contributed by atoms with E-state index in [4.69, 9.17) is 4.42 Å². The van der Waals surface area contributed by atoms with E-state index in [0.29, 0.717) is 0 Å². The Morgan fingerprint density at radius 1 is 1.08 bits per heavy atom. The lowest BCUT2D eigenvalue weighted by atomic mass is 10.3. The maximum atomic E-state index is 13.8. The van der Waals surface area contributed by atoms with Crippen LogP contribution in [0.1, 0.15) is 12.2 Å². The van der Waals surface area contributed by atoms with Crippen molar-refractivity contribution in [2.24, 2.45) is 0 Å². The van der Waals surface area contributed by atoms with Gasteiger partial charge >= 0.3 is 0 Å². The Balaban J connectivity index is 1.83. The Bertz CT molecular complexity index is 951. The summed E-state index contributed by atoms with van der Waals surface area (Å²) in [5.41, 5.74) is 0. The quantitative estimate of drug-likeness (QED) is 0.778. The molecule has 0 saturated carbocycles. The van der Waals surface area contributed by atoms with Crippen LogP contribution < -0.4 is 0 Å². The van der Waals surface area contributed by atoms with Crippen molar-refractivity contribution in [1.82, 2.24) is 4.31 Å². The summed E-state index contributed by atoms with van der Waals surface area (Å²) >= 11 is 0. The summed E-state index contributed by atoms with van der Waals surface area (Å²) in [6, 6.07) is 5.81. The van der Waals surface area contributed by atoms with Gasteiger partial charge in [-0.05, 0) is 30.7 Å². The average Bonchev–Trinajstić information content (AvgIpc) is 3.17. The van der Waals surface area contributed by atoms with Gasteiger partial charge in [-0.3, -0.25) is 0 Å². The molecule has 0 radical (unpaired) electrons. The average molecular weight is 391 g/mol. The summed E-state index contributed by atoms with van der Waals surface area (Å²) in [6.45, 7) is -0.475. The molecule has 2 heterocycles. The Hall–Kier alpha value is -1.78. The number of nitrogens with zero attached hydrogens (tertiary/aromatic N) is 1. The van der Waals surface area contributed by atoms with Gasteiger partial charge in [0.05, 0.1) is 11.5 Å². The van der Waals surface area contributed by atoms with Crippen LogP contribution >= 0.6 is 0 Å². The van der Waals surface area contributed by atoms with Crippen molar-refractivity contribution in [2.45, 2.75) is 22.3 Å². The van der Waals surface area contributed by atoms with E-state index < -0.39 is 41.6 Å². The highest BCUT2D eigenvalue weighted by Crippen LogP contribution is 2.28. The Labute approximate surface area is 144 Å². The molecular formula is C15H15F2NO5S2. The highest BCUT2D eigenvalue weighted by atomic mass is 32.2. The molecule has 1 aliphatic heterocycles. The second-order valence-corrected chi connectivity index (χ2v) is 9.87. The fourth-order valence-corrected chi connectivity index (χ4v) is 6.15. The zero-order valence-electron chi connectivity index (χ0n) is 12.9. The first-order valence-corrected chi connectivity index (χ1v) is 10.6. The zero-order chi connectivity index (χ0) is 18.2. The van der Waals surface area contributed by atoms with Gasteiger partial charge in [0, 0.05) is 13.1 Å². The molecule has 2 aromatic rings. The van der Waals surface area contributed by atoms with Crippen LogP contribution in [0.25, 0.3) is 0 Å². The Morgan fingerprint density at radius 2 is 1.76 bits per heavy atom. The number of rotatable bonds is 5. The van der Waals surface area contributed by atoms with Gasteiger partial charge in [0.25, 0.3) is 0 Å². The van der Waals surface area contributed by atoms with Gasteiger partial charge in [-0.25, -0.2) is 25.6 Å². The monoisotopic (exact) mass is 391 g/mol. The second kappa shape index (κ2) is 6.50. The molecule has 6 nitrogen and oxygen atoms in total. The normalized spacial score (nSPS) is 19.4. The predicted molar refractivity (Wildman–Crippen MR) is 84.9 cm³/mol. The molecule has 0 aliphatic carbocycles. The zero-order valence-corrected chi connectivity index (χ0v) is 14.6. The third kappa shape index (κ3) is 3.46. The largest absolute Gasteiger partial charge is 0.468 e. The molecule has 1 saturated heterocycles. The summed E-state index contributed by atoms with van der Waals surface area (Å²) in [7, 11) is -8.13. The molecule has 1 atom stereocenters. The fraction of sp³-hybridized carbons (Fsp3) is 0.333. The van der Waals surface area contributed by atoms with Crippen LogP contribution in [0.3, 0.4) is 0 Å². The van der Waals surface area contributed by atoms with Crippen LogP contribution in [0.2, 0.25) is 0 Å². The number of sulfone groups is 1. The van der Waals surface area contributed by atoms with E-state index in [1.54, 1.807) is 6.07 Å². The highest BCUT2D eigenvalue weighted by Gasteiger charge is 2.41. The maximum Gasteiger partial charge on any atom is 0.248 e. The van der Waals surface area contributed by atoms with E-state index in [1.165, 1.54) is 12.3 Å². The minimum absolute atomic E-state index is 0.0539. The van der Waals surface area contributed by atoms with Crippen LogP contribution in [-0.4, -0.2) is 39.5 Å². The van der Waals surface area contributed by atoms with Gasteiger partial charge in [0.15, 0.2) is 14.7 Å². The number of hydrogen-bond acceptors (Lipinski definition) is 5. The molecule has 1 fully saturated rings. The number of furan rings is 1. The van der Waals surface area contributed by atoms with Crippen molar-refractivity contribution in [3.63, 3.8) is 0 Å². The SMILES string of the molecule is O=S(=O)(Cc1ccco1)[C@H]1CCN(S(=O)(=O)c2c(F)cccc2F)C1. The smallest absolute Gasteiger partial charge is 0.248 e. The van der Waals surface area contributed by atoms with E-state index in [9.17, 15) is 25.6 Å². The molecule has 0 bridgehead atoms. The van der Waals surface area contributed by atoms with E-state index in [-0.39, 0.29) is 31.0 Å². The molecule has 10 heteroatoms. The lowest BCUT2D eigenvalue weighted by Crippen LogP contribution is -2.33. The van der Waals surface area contributed by atoms with Crippen molar-refractivity contribution in [3.05, 3.63) is 54.0 Å². The molecule has 0 amide bonds. The Kier molecular flexibility index (Phi) is 4.69. The second-order valence-electron chi connectivity index (χ2n) is 5.71. The van der Waals surface area contributed by atoms with Gasteiger partial charge < -0.3 is 4.42 Å². The first-order chi connectivity index (χ1) is 11.7. The number of hydrogen-bond donors (Lipinski definition) is 0. The van der Waals surface area contributed by atoms with Gasteiger partial charge in [-0.2, -0.15) is 4.31 Å². The lowest BCUT2D eigenvalue weighted by molar-refractivity contribution is 0.455. The molecule has 3 rings (SSSR count). The molecule has 0 unspecified atom stereocenters. The van der Waals surface area contributed by atoms with Crippen LogP contribution in [-0.2, 0) is 25.6 Å². The first-order valence-electron chi connectivity index (χ1n) is 7.40. The van der Waals surface area contributed by atoms with Gasteiger partial charge in [-0.1, -0.05) is 6.07 Å². The van der Waals surface area contributed by atoms with Crippen LogP contribution in [0, 0.1) is 11.6 Å². The van der Waals surface area contributed by atoms with Crippen LogP contribution in [0.4, 0.5) is 8.78 Å². The number of benzene rings is 1. The van der Waals surface area contributed by atoms with Crippen molar-refractivity contribution in [3.8, 4) is 0 Å². The maximum absolute atomic E-state index is 13.8. The third-order valence-corrected chi connectivity index (χ3v) is 8.06. The molecule has 0 spiro atoms. The van der Waals surface area contributed by atoms with Gasteiger partial charge in [0.2, 0.25) is 10.0 Å². The molecule has 136 valence electrons. The molecule has 0 N–H and O–H groups in total. The topological polar surface area (TPSA) is 84.7 Å². The van der Waals surface area contributed by atoms with Crippen molar-refractivity contribution in [1.29, 1.82) is 0 Å². The molecule has 1 aliphatic rings. The molecular weight excluding hydrogens is 376 g/mol. The summed E-state index contributed by atoms with van der Waals surface area (Å²) < 4.78 is 83.3. The third-order valence-electron chi connectivity index (χ3n) is 4.06. The molecule has 1 aromatic carbocycles. The number of sulfonamides is 1. The van der Waals surface area contributed by atoms with Crippen LogP contribution in [0.5, 0.6) is 0 Å². The molecule has 1 aromatic heterocycles.